The highest BCUT2D eigenvalue weighted by Gasteiger charge is 2.38. The average Bonchev–Trinajstić information content (AvgIpc) is 2.44. The van der Waals surface area contributed by atoms with E-state index >= 15 is 0 Å². The molecule has 0 radical (unpaired) electrons. The molecule has 4 nitrogen and oxygen atoms in total. The molecule has 1 unspecified atom stereocenters. The Hall–Kier alpha value is -1.07. The van der Waals surface area contributed by atoms with Crippen LogP contribution in [-0.2, 0) is 10.0 Å². The molecule has 2 rings (SSSR count). The SMILES string of the molecule is CCC1(CC)CC(CCS(N)(=O)=O)c2cc(C)ccc2O1. The lowest BCUT2D eigenvalue weighted by Gasteiger charge is -2.41. The van der Waals surface area contributed by atoms with Gasteiger partial charge in [0.2, 0.25) is 10.0 Å². The molecule has 0 aliphatic carbocycles. The van der Waals surface area contributed by atoms with Gasteiger partial charge in [-0.3, -0.25) is 0 Å². The van der Waals surface area contributed by atoms with Crippen LogP contribution < -0.4 is 9.88 Å². The normalized spacial score (nSPS) is 20.7. The number of hydrogen-bond acceptors (Lipinski definition) is 3. The van der Waals surface area contributed by atoms with Crippen LogP contribution in [0.5, 0.6) is 5.75 Å². The highest BCUT2D eigenvalue weighted by atomic mass is 32.2. The lowest BCUT2D eigenvalue weighted by molar-refractivity contribution is 0.0270. The van der Waals surface area contributed by atoms with Gasteiger partial charge >= 0.3 is 0 Å². The van der Waals surface area contributed by atoms with Gasteiger partial charge in [-0.05, 0) is 50.2 Å². The molecule has 0 fully saturated rings. The van der Waals surface area contributed by atoms with E-state index in [1.54, 1.807) is 0 Å². The molecule has 1 atom stereocenters. The van der Waals surface area contributed by atoms with Crippen molar-refractivity contribution in [2.24, 2.45) is 5.14 Å². The van der Waals surface area contributed by atoms with Crippen LogP contribution in [0.3, 0.4) is 0 Å². The van der Waals surface area contributed by atoms with Gasteiger partial charge in [0.25, 0.3) is 0 Å². The lowest BCUT2D eigenvalue weighted by Crippen LogP contribution is -2.40. The number of hydrogen-bond donors (Lipinski definition) is 1. The summed E-state index contributed by atoms with van der Waals surface area (Å²) in [7, 11) is -3.43. The molecular formula is C16H25NO3S. The Labute approximate surface area is 127 Å². The van der Waals surface area contributed by atoms with E-state index in [1.807, 2.05) is 19.1 Å². The maximum Gasteiger partial charge on any atom is 0.209 e. The first-order valence-electron chi connectivity index (χ1n) is 7.58. The lowest BCUT2D eigenvalue weighted by atomic mass is 9.78. The van der Waals surface area contributed by atoms with Crippen LogP contribution in [0, 0.1) is 6.92 Å². The third kappa shape index (κ3) is 3.77. The van der Waals surface area contributed by atoms with Crippen molar-refractivity contribution in [3.63, 3.8) is 0 Å². The van der Waals surface area contributed by atoms with Crippen molar-refractivity contribution in [1.82, 2.24) is 0 Å². The van der Waals surface area contributed by atoms with Gasteiger partial charge < -0.3 is 4.74 Å². The van der Waals surface area contributed by atoms with E-state index in [-0.39, 0.29) is 17.3 Å². The second kappa shape index (κ2) is 5.97. The smallest absolute Gasteiger partial charge is 0.209 e. The van der Waals surface area contributed by atoms with Crippen LogP contribution >= 0.6 is 0 Å². The van der Waals surface area contributed by atoms with Gasteiger partial charge in [0.05, 0.1) is 5.75 Å². The Morgan fingerprint density at radius 3 is 2.57 bits per heavy atom. The molecule has 0 bridgehead atoms. The third-order valence-electron chi connectivity index (χ3n) is 4.59. The van der Waals surface area contributed by atoms with Crippen molar-refractivity contribution in [1.29, 1.82) is 0 Å². The van der Waals surface area contributed by atoms with E-state index in [9.17, 15) is 8.42 Å². The molecule has 2 N–H and O–H groups in total. The van der Waals surface area contributed by atoms with Crippen molar-refractivity contribution in [2.75, 3.05) is 5.75 Å². The van der Waals surface area contributed by atoms with Crippen molar-refractivity contribution < 1.29 is 13.2 Å². The van der Waals surface area contributed by atoms with Crippen molar-refractivity contribution in [2.45, 2.75) is 58.0 Å². The molecule has 0 spiro atoms. The second-order valence-electron chi connectivity index (χ2n) is 6.09. The van der Waals surface area contributed by atoms with Gasteiger partial charge in [-0.2, -0.15) is 0 Å². The first-order valence-corrected chi connectivity index (χ1v) is 9.30. The molecule has 1 aromatic rings. The molecule has 21 heavy (non-hydrogen) atoms. The summed E-state index contributed by atoms with van der Waals surface area (Å²) in [5, 5.41) is 5.18. The number of nitrogens with two attached hydrogens (primary N) is 1. The molecule has 1 heterocycles. The van der Waals surface area contributed by atoms with Crippen LogP contribution in [0.2, 0.25) is 0 Å². The van der Waals surface area contributed by atoms with Crippen LogP contribution in [-0.4, -0.2) is 19.8 Å². The molecule has 0 saturated heterocycles. The van der Waals surface area contributed by atoms with E-state index in [0.29, 0.717) is 6.42 Å². The fourth-order valence-corrected chi connectivity index (χ4v) is 3.77. The predicted octanol–water partition coefficient (Wildman–Crippen LogP) is 3.10. The number of primary sulfonamides is 1. The van der Waals surface area contributed by atoms with Crippen LogP contribution in [0.1, 0.15) is 56.6 Å². The van der Waals surface area contributed by atoms with Gasteiger partial charge in [-0.15, -0.1) is 0 Å². The summed E-state index contributed by atoms with van der Waals surface area (Å²) in [5.41, 5.74) is 2.10. The average molecular weight is 311 g/mol. The number of rotatable bonds is 5. The maximum atomic E-state index is 11.3. The third-order valence-corrected chi connectivity index (χ3v) is 5.39. The monoisotopic (exact) mass is 311 g/mol. The van der Waals surface area contributed by atoms with Crippen LogP contribution in [0.25, 0.3) is 0 Å². The number of sulfonamides is 1. The first kappa shape index (κ1) is 16.3. The van der Waals surface area contributed by atoms with Gasteiger partial charge in [-0.1, -0.05) is 31.5 Å². The zero-order valence-electron chi connectivity index (χ0n) is 13.1. The summed E-state index contributed by atoms with van der Waals surface area (Å²) in [6, 6.07) is 6.16. The fraction of sp³-hybridized carbons (Fsp3) is 0.625. The van der Waals surface area contributed by atoms with Gasteiger partial charge in [0, 0.05) is 0 Å². The molecule has 1 aliphatic rings. The molecule has 118 valence electrons. The Morgan fingerprint density at radius 2 is 2.00 bits per heavy atom. The van der Waals surface area contributed by atoms with E-state index in [0.717, 1.165) is 30.6 Å². The summed E-state index contributed by atoms with van der Waals surface area (Å²) in [6.45, 7) is 6.29. The van der Waals surface area contributed by atoms with Gasteiger partial charge in [0.1, 0.15) is 11.4 Å². The van der Waals surface area contributed by atoms with Gasteiger partial charge in [0.15, 0.2) is 0 Å². The van der Waals surface area contributed by atoms with E-state index in [2.05, 4.69) is 19.9 Å². The summed E-state index contributed by atoms with van der Waals surface area (Å²) >= 11 is 0. The Balaban J connectivity index is 2.35. The molecular weight excluding hydrogens is 286 g/mol. The highest BCUT2D eigenvalue weighted by molar-refractivity contribution is 7.89. The highest BCUT2D eigenvalue weighted by Crippen LogP contribution is 2.45. The number of fused-ring (bicyclic) bond motifs is 1. The number of aryl methyl sites for hydroxylation is 1. The largest absolute Gasteiger partial charge is 0.487 e. The van der Waals surface area contributed by atoms with Crippen molar-refractivity contribution >= 4 is 10.0 Å². The van der Waals surface area contributed by atoms with Crippen molar-refractivity contribution in [3.8, 4) is 5.75 Å². The molecule has 0 saturated carbocycles. The molecule has 1 aromatic carbocycles. The topological polar surface area (TPSA) is 69.4 Å². The maximum absolute atomic E-state index is 11.3. The first-order chi connectivity index (χ1) is 9.78. The Morgan fingerprint density at radius 1 is 1.33 bits per heavy atom. The Kier molecular flexibility index (Phi) is 4.63. The minimum atomic E-state index is -3.43. The molecule has 0 amide bonds. The Bertz CT molecular complexity index is 606. The van der Waals surface area contributed by atoms with E-state index in [4.69, 9.17) is 9.88 Å². The minimum Gasteiger partial charge on any atom is -0.487 e. The number of ether oxygens (including phenoxy) is 1. The van der Waals surface area contributed by atoms with Crippen LogP contribution in [0.4, 0.5) is 0 Å². The van der Waals surface area contributed by atoms with Crippen LogP contribution in [0.15, 0.2) is 18.2 Å². The zero-order valence-corrected chi connectivity index (χ0v) is 13.9. The summed E-state index contributed by atoms with van der Waals surface area (Å²) in [4.78, 5) is 0. The fourth-order valence-electron chi connectivity index (χ4n) is 3.16. The van der Waals surface area contributed by atoms with Gasteiger partial charge in [-0.25, -0.2) is 13.6 Å². The number of benzene rings is 1. The summed E-state index contributed by atoms with van der Waals surface area (Å²) in [5.74, 6) is 1.11. The second-order valence-corrected chi connectivity index (χ2v) is 7.82. The summed E-state index contributed by atoms with van der Waals surface area (Å²) in [6.07, 6.45) is 3.25. The quantitative estimate of drug-likeness (QED) is 0.908. The molecule has 0 aromatic heterocycles. The molecule has 5 heteroatoms. The summed E-state index contributed by atoms with van der Waals surface area (Å²) < 4.78 is 28.9. The minimum absolute atomic E-state index is 0.0224. The van der Waals surface area contributed by atoms with E-state index in [1.165, 1.54) is 5.56 Å². The molecule has 1 aliphatic heterocycles. The van der Waals surface area contributed by atoms with Crippen molar-refractivity contribution in [3.05, 3.63) is 29.3 Å². The zero-order chi connectivity index (χ0) is 15.7. The standard InChI is InChI=1S/C16H25NO3S/c1-4-16(5-2)11-13(8-9-21(17,18)19)14-10-12(3)6-7-15(14)20-16/h6-7,10,13H,4-5,8-9,11H2,1-3H3,(H2,17,18,19). The predicted molar refractivity (Wildman–Crippen MR) is 85.1 cm³/mol. The van der Waals surface area contributed by atoms with E-state index < -0.39 is 10.0 Å².